The fraction of sp³-hybridized carbons (Fsp3) is 0.222. The first kappa shape index (κ1) is 14.8. The molecular weight excluding hydrogens is 298 g/mol. The molecule has 3 nitrogen and oxygen atoms in total. The molecule has 0 spiro atoms. The second-order valence-corrected chi connectivity index (χ2v) is 5.99. The maximum absolute atomic E-state index is 12.5. The molecule has 1 aliphatic rings. The summed E-state index contributed by atoms with van der Waals surface area (Å²) >= 11 is 6.10. The van der Waals surface area contributed by atoms with E-state index in [1.54, 1.807) is 12.1 Å². The highest BCUT2D eigenvalue weighted by Crippen LogP contribution is 2.28. The molecule has 1 amide bonds. The molecule has 0 aliphatic heterocycles. The van der Waals surface area contributed by atoms with Gasteiger partial charge in [0, 0.05) is 5.56 Å². The van der Waals surface area contributed by atoms with Crippen molar-refractivity contribution in [1.82, 2.24) is 0 Å². The van der Waals surface area contributed by atoms with Crippen LogP contribution in [0.25, 0.3) is 0 Å². The molecule has 0 radical (unpaired) electrons. The summed E-state index contributed by atoms with van der Waals surface area (Å²) in [4.78, 5) is 25.0. The maximum Gasteiger partial charge on any atom is 0.235 e. The van der Waals surface area contributed by atoms with E-state index in [-0.39, 0.29) is 11.7 Å². The molecule has 1 atom stereocenters. The van der Waals surface area contributed by atoms with Crippen molar-refractivity contribution in [2.45, 2.75) is 19.8 Å². The number of carbonyl (C=O) groups is 2. The van der Waals surface area contributed by atoms with Gasteiger partial charge in [-0.1, -0.05) is 41.9 Å². The smallest absolute Gasteiger partial charge is 0.235 e. The summed E-state index contributed by atoms with van der Waals surface area (Å²) in [6.07, 6.45) is 1.27. The highest BCUT2D eigenvalue weighted by Gasteiger charge is 2.32. The normalized spacial score (nSPS) is 17.0. The van der Waals surface area contributed by atoms with Crippen molar-refractivity contribution in [2.24, 2.45) is 5.92 Å². The topological polar surface area (TPSA) is 46.2 Å². The number of hydrogen-bond donors (Lipinski definition) is 1. The van der Waals surface area contributed by atoms with Gasteiger partial charge in [0.2, 0.25) is 5.91 Å². The number of anilines is 1. The van der Waals surface area contributed by atoms with E-state index < -0.39 is 5.92 Å². The van der Waals surface area contributed by atoms with Crippen molar-refractivity contribution in [3.63, 3.8) is 0 Å². The molecular formula is C18H16ClNO2. The van der Waals surface area contributed by atoms with E-state index in [0.717, 1.165) is 17.5 Å². The number of hydrogen-bond acceptors (Lipinski definition) is 2. The summed E-state index contributed by atoms with van der Waals surface area (Å²) in [5.74, 6) is -1.04. The summed E-state index contributed by atoms with van der Waals surface area (Å²) in [5.41, 5.74) is 3.23. The predicted octanol–water partition coefficient (Wildman–Crippen LogP) is 4.03. The molecule has 22 heavy (non-hydrogen) atoms. The van der Waals surface area contributed by atoms with Gasteiger partial charge in [0.1, 0.15) is 5.92 Å². The van der Waals surface area contributed by atoms with Crippen molar-refractivity contribution in [2.75, 3.05) is 5.32 Å². The van der Waals surface area contributed by atoms with Crippen LogP contribution in [0.5, 0.6) is 0 Å². The number of aryl methyl sites for hydroxylation is 2. The van der Waals surface area contributed by atoms with Crippen molar-refractivity contribution in [3.05, 3.63) is 64.2 Å². The molecule has 4 heteroatoms. The third-order valence-corrected chi connectivity index (χ3v) is 4.33. The monoisotopic (exact) mass is 313 g/mol. The van der Waals surface area contributed by atoms with Crippen LogP contribution in [0.1, 0.15) is 27.9 Å². The molecule has 1 aliphatic carbocycles. The molecule has 2 aromatic carbocycles. The van der Waals surface area contributed by atoms with E-state index in [1.807, 2.05) is 37.3 Å². The van der Waals surface area contributed by atoms with Crippen molar-refractivity contribution >= 4 is 29.0 Å². The lowest BCUT2D eigenvalue weighted by atomic mass is 9.82. The summed E-state index contributed by atoms with van der Waals surface area (Å²) in [5, 5.41) is 3.26. The van der Waals surface area contributed by atoms with Gasteiger partial charge in [0.25, 0.3) is 0 Å². The molecule has 0 saturated heterocycles. The largest absolute Gasteiger partial charge is 0.324 e. The maximum atomic E-state index is 12.5. The lowest BCUT2D eigenvalue weighted by molar-refractivity contribution is -0.118. The Balaban J connectivity index is 1.82. The number of Topliss-reactive ketones (excluding diaryl/α,β-unsaturated/α-hetero) is 1. The molecule has 3 rings (SSSR count). The van der Waals surface area contributed by atoms with Gasteiger partial charge < -0.3 is 5.32 Å². The third kappa shape index (κ3) is 2.77. The standard InChI is InChI=1S/C18H16ClNO2/c1-11-6-9-15(19)16(10-11)20-18(22)14-8-7-12-4-2-3-5-13(12)17(14)21/h2-6,9-10,14H,7-8H2,1H3,(H,20,22). The fourth-order valence-electron chi connectivity index (χ4n) is 2.80. The number of fused-ring (bicyclic) bond motifs is 1. The number of halogens is 1. The second kappa shape index (κ2) is 5.93. The van der Waals surface area contributed by atoms with E-state index in [1.165, 1.54) is 0 Å². The zero-order chi connectivity index (χ0) is 15.7. The molecule has 0 fully saturated rings. The van der Waals surface area contributed by atoms with Crippen LogP contribution in [0.3, 0.4) is 0 Å². The van der Waals surface area contributed by atoms with Crippen LogP contribution in [0.15, 0.2) is 42.5 Å². The number of rotatable bonds is 2. The predicted molar refractivity (Wildman–Crippen MR) is 87.4 cm³/mol. The third-order valence-electron chi connectivity index (χ3n) is 4.00. The van der Waals surface area contributed by atoms with Gasteiger partial charge in [0.15, 0.2) is 5.78 Å². The highest BCUT2D eigenvalue weighted by atomic mass is 35.5. The molecule has 1 N–H and O–H groups in total. The highest BCUT2D eigenvalue weighted by molar-refractivity contribution is 6.34. The Kier molecular flexibility index (Phi) is 3.99. The quantitative estimate of drug-likeness (QED) is 0.851. The molecule has 0 heterocycles. The van der Waals surface area contributed by atoms with Crippen molar-refractivity contribution in [3.8, 4) is 0 Å². The molecule has 0 aromatic heterocycles. The summed E-state index contributed by atoms with van der Waals surface area (Å²) < 4.78 is 0. The van der Waals surface area contributed by atoms with Gasteiger partial charge in [-0.3, -0.25) is 9.59 Å². The number of ketones is 1. The SMILES string of the molecule is Cc1ccc(Cl)c(NC(=O)C2CCc3ccccc3C2=O)c1. The summed E-state index contributed by atoms with van der Waals surface area (Å²) in [7, 11) is 0. The number of nitrogens with one attached hydrogen (secondary N) is 1. The van der Waals surface area contributed by atoms with Gasteiger partial charge in [-0.25, -0.2) is 0 Å². The Morgan fingerprint density at radius 2 is 2.00 bits per heavy atom. The Hall–Kier alpha value is -2.13. The van der Waals surface area contributed by atoms with Crippen LogP contribution in [0.4, 0.5) is 5.69 Å². The summed E-state index contributed by atoms with van der Waals surface area (Å²) in [6, 6.07) is 12.9. The van der Waals surface area contributed by atoms with Crippen LogP contribution < -0.4 is 5.32 Å². The van der Waals surface area contributed by atoms with Crippen LogP contribution in [-0.2, 0) is 11.2 Å². The lowest BCUT2D eigenvalue weighted by Gasteiger charge is -2.22. The first-order valence-corrected chi connectivity index (χ1v) is 7.63. The average Bonchev–Trinajstić information content (AvgIpc) is 2.51. The molecule has 0 bridgehead atoms. The molecule has 1 unspecified atom stereocenters. The van der Waals surface area contributed by atoms with Crippen LogP contribution in [0, 0.1) is 12.8 Å². The average molecular weight is 314 g/mol. The first-order chi connectivity index (χ1) is 10.6. The minimum Gasteiger partial charge on any atom is -0.324 e. The van der Waals surface area contributed by atoms with Gasteiger partial charge >= 0.3 is 0 Å². The second-order valence-electron chi connectivity index (χ2n) is 5.59. The minimum atomic E-state index is -0.647. The summed E-state index contributed by atoms with van der Waals surface area (Å²) in [6.45, 7) is 1.92. The minimum absolute atomic E-state index is 0.108. The Bertz CT molecular complexity index is 755. The zero-order valence-corrected chi connectivity index (χ0v) is 13.0. The van der Waals surface area contributed by atoms with Gasteiger partial charge in [-0.2, -0.15) is 0 Å². The van der Waals surface area contributed by atoms with Crippen LogP contribution >= 0.6 is 11.6 Å². The molecule has 0 saturated carbocycles. The van der Waals surface area contributed by atoms with Crippen molar-refractivity contribution in [1.29, 1.82) is 0 Å². The van der Waals surface area contributed by atoms with Crippen molar-refractivity contribution < 1.29 is 9.59 Å². The van der Waals surface area contributed by atoms with Crippen LogP contribution in [0.2, 0.25) is 5.02 Å². The fourth-order valence-corrected chi connectivity index (χ4v) is 2.97. The Morgan fingerprint density at radius 1 is 1.23 bits per heavy atom. The van der Waals surface area contributed by atoms with Gasteiger partial charge in [0.05, 0.1) is 10.7 Å². The van der Waals surface area contributed by atoms with E-state index >= 15 is 0 Å². The van der Waals surface area contributed by atoms with E-state index in [2.05, 4.69) is 5.32 Å². The van der Waals surface area contributed by atoms with Crippen LogP contribution in [-0.4, -0.2) is 11.7 Å². The Morgan fingerprint density at radius 3 is 2.82 bits per heavy atom. The first-order valence-electron chi connectivity index (χ1n) is 7.25. The van der Waals surface area contributed by atoms with Gasteiger partial charge in [-0.15, -0.1) is 0 Å². The van der Waals surface area contributed by atoms with Gasteiger partial charge in [-0.05, 0) is 43.0 Å². The van der Waals surface area contributed by atoms with E-state index in [0.29, 0.717) is 22.7 Å². The number of carbonyl (C=O) groups excluding carboxylic acids is 2. The van der Waals surface area contributed by atoms with E-state index in [4.69, 9.17) is 11.6 Å². The molecule has 112 valence electrons. The zero-order valence-electron chi connectivity index (χ0n) is 12.2. The Labute approximate surface area is 134 Å². The molecule has 2 aromatic rings. The number of amides is 1. The van der Waals surface area contributed by atoms with E-state index in [9.17, 15) is 9.59 Å². The number of benzene rings is 2. The lowest BCUT2D eigenvalue weighted by Crippen LogP contribution is -2.33.